The zero-order valence-electron chi connectivity index (χ0n) is 12.1. The summed E-state index contributed by atoms with van der Waals surface area (Å²) < 4.78 is 27.0. The summed E-state index contributed by atoms with van der Waals surface area (Å²) in [6, 6.07) is 6.88. The van der Waals surface area contributed by atoms with Crippen molar-refractivity contribution < 1.29 is 13.5 Å². The van der Waals surface area contributed by atoms with Crippen LogP contribution in [0.25, 0.3) is 0 Å². The van der Waals surface area contributed by atoms with E-state index >= 15 is 0 Å². The van der Waals surface area contributed by atoms with Crippen LogP contribution in [0.15, 0.2) is 29.2 Å². The second-order valence-corrected chi connectivity index (χ2v) is 7.55. The molecule has 0 bridgehead atoms. The third-order valence-electron chi connectivity index (χ3n) is 3.81. The van der Waals surface area contributed by atoms with Crippen LogP contribution in [0.1, 0.15) is 38.2 Å². The number of sulfonamides is 1. The van der Waals surface area contributed by atoms with Gasteiger partial charge in [-0.1, -0.05) is 24.1 Å². The normalized spacial score (nSPS) is 22.6. The van der Waals surface area contributed by atoms with Gasteiger partial charge >= 0.3 is 0 Å². The average molecular weight is 297 g/mol. The van der Waals surface area contributed by atoms with Gasteiger partial charge in [0.05, 0.1) is 11.0 Å². The van der Waals surface area contributed by atoms with E-state index in [9.17, 15) is 13.5 Å². The first-order valence-electron chi connectivity index (χ1n) is 7.18. The Hall–Kier alpha value is -0.910. The molecule has 4 nitrogen and oxygen atoms in total. The van der Waals surface area contributed by atoms with Gasteiger partial charge in [-0.3, -0.25) is 0 Å². The van der Waals surface area contributed by atoms with Crippen molar-refractivity contribution in [3.63, 3.8) is 0 Å². The molecular weight excluding hydrogens is 274 g/mol. The first-order chi connectivity index (χ1) is 9.41. The second kappa shape index (κ2) is 6.24. The lowest BCUT2D eigenvalue weighted by molar-refractivity contribution is 0.132. The number of hydrogen-bond donors (Lipinski definition) is 1. The molecule has 1 aromatic rings. The van der Waals surface area contributed by atoms with Crippen molar-refractivity contribution in [3.05, 3.63) is 29.8 Å². The molecular formula is C15H23NO3S. The predicted molar refractivity (Wildman–Crippen MR) is 79.0 cm³/mol. The van der Waals surface area contributed by atoms with Crippen LogP contribution in [0.5, 0.6) is 0 Å². The first kappa shape index (κ1) is 15.5. The van der Waals surface area contributed by atoms with Crippen LogP contribution in [-0.2, 0) is 10.0 Å². The van der Waals surface area contributed by atoms with Crippen LogP contribution in [0.4, 0.5) is 0 Å². The zero-order chi connectivity index (χ0) is 14.8. The molecule has 20 heavy (non-hydrogen) atoms. The van der Waals surface area contributed by atoms with Crippen LogP contribution < -0.4 is 0 Å². The second-order valence-electron chi connectivity index (χ2n) is 5.66. The molecule has 0 spiro atoms. The van der Waals surface area contributed by atoms with Gasteiger partial charge in [0.2, 0.25) is 10.0 Å². The Morgan fingerprint density at radius 1 is 1.30 bits per heavy atom. The molecule has 0 aliphatic carbocycles. The minimum atomic E-state index is -3.45. The molecule has 2 rings (SSSR count). The van der Waals surface area contributed by atoms with Crippen molar-refractivity contribution >= 4 is 10.0 Å². The summed E-state index contributed by atoms with van der Waals surface area (Å²) in [5.41, 5.74) is 1.04. The van der Waals surface area contributed by atoms with Gasteiger partial charge in [0.25, 0.3) is 0 Å². The number of piperidine rings is 1. The maximum Gasteiger partial charge on any atom is 0.243 e. The molecule has 0 aromatic heterocycles. The zero-order valence-corrected chi connectivity index (χ0v) is 12.9. The minimum absolute atomic E-state index is 0.0879. The van der Waals surface area contributed by atoms with E-state index < -0.39 is 16.1 Å². The van der Waals surface area contributed by atoms with E-state index in [0.717, 1.165) is 24.8 Å². The van der Waals surface area contributed by atoms with Gasteiger partial charge in [-0.05, 0) is 45.2 Å². The summed E-state index contributed by atoms with van der Waals surface area (Å²) in [4.78, 5) is 0.348. The minimum Gasteiger partial charge on any atom is -0.393 e. The third-order valence-corrected chi connectivity index (χ3v) is 5.78. The molecule has 0 unspecified atom stereocenters. The van der Waals surface area contributed by atoms with E-state index in [1.165, 1.54) is 0 Å². The molecule has 1 aromatic carbocycles. The standard InChI is InChI=1S/C15H23NO3S/c1-12-6-8-15(9-7-12)20(18,19)16-10-4-3-5-14(16)11-13(2)17/h6-9,13-14,17H,3-5,10-11H2,1-2H3/t13-,14-/m0/s1. The smallest absolute Gasteiger partial charge is 0.243 e. The summed E-state index contributed by atoms with van der Waals surface area (Å²) in [5, 5.41) is 9.57. The van der Waals surface area contributed by atoms with Crippen LogP contribution in [0.3, 0.4) is 0 Å². The summed E-state index contributed by atoms with van der Waals surface area (Å²) in [6.45, 7) is 4.20. The molecule has 0 amide bonds. The molecule has 1 heterocycles. The molecule has 112 valence electrons. The van der Waals surface area contributed by atoms with Crippen molar-refractivity contribution in [3.8, 4) is 0 Å². The number of benzene rings is 1. The van der Waals surface area contributed by atoms with Gasteiger partial charge in [-0.15, -0.1) is 0 Å². The number of aliphatic hydroxyl groups excluding tert-OH is 1. The summed E-state index contributed by atoms with van der Waals surface area (Å²) in [5.74, 6) is 0. The topological polar surface area (TPSA) is 57.6 Å². The van der Waals surface area contributed by atoms with Gasteiger partial charge in [0, 0.05) is 12.6 Å². The highest BCUT2D eigenvalue weighted by Gasteiger charge is 2.33. The van der Waals surface area contributed by atoms with Crippen LogP contribution in [0.2, 0.25) is 0 Å². The van der Waals surface area contributed by atoms with Crippen molar-refractivity contribution in [1.82, 2.24) is 4.31 Å². The number of aliphatic hydroxyl groups is 1. The van der Waals surface area contributed by atoms with Gasteiger partial charge in [0.15, 0.2) is 0 Å². The Morgan fingerprint density at radius 3 is 2.55 bits per heavy atom. The Bertz CT molecular complexity index is 537. The molecule has 1 aliphatic rings. The maximum atomic E-state index is 12.7. The molecule has 1 fully saturated rings. The lowest BCUT2D eigenvalue weighted by Gasteiger charge is -2.35. The van der Waals surface area contributed by atoms with Gasteiger partial charge in [-0.25, -0.2) is 8.42 Å². The lowest BCUT2D eigenvalue weighted by atomic mass is 10.00. The van der Waals surface area contributed by atoms with Crippen molar-refractivity contribution in [2.24, 2.45) is 0 Å². The number of rotatable bonds is 4. The fourth-order valence-electron chi connectivity index (χ4n) is 2.77. The average Bonchev–Trinajstić information content (AvgIpc) is 2.39. The monoisotopic (exact) mass is 297 g/mol. The largest absolute Gasteiger partial charge is 0.393 e. The summed E-state index contributed by atoms with van der Waals surface area (Å²) in [7, 11) is -3.45. The van der Waals surface area contributed by atoms with E-state index in [1.807, 2.05) is 19.1 Å². The molecule has 1 N–H and O–H groups in total. The first-order valence-corrected chi connectivity index (χ1v) is 8.62. The van der Waals surface area contributed by atoms with Gasteiger partial charge < -0.3 is 5.11 Å². The summed E-state index contributed by atoms with van der Waals surface area (Å²) >= 11 is 0. The van der Waals surface area contributed by atoms with E-state index in [-0.39, 0.29) is 6.04 Å². The Labute approximate surface area is 121 Å². The molecule has 1 saturated heterocycles. The van der Waals surface area contributed by atoms with Crippen LogP contribution >= 0.6 is 0 Å². The highest BCUT2D eigenvalue weighted by molar-refractivity contribution is 7.89. The SMILES string of the molecule is Cc1ccc(S(=O)(=O)N2CCCC[C@H]2C[C@H](C)O)cc1. The van der Waals surface area contributed by atoms with Crippen LogP contribution in [0, 0.1) is 6.92 Å². The Balaban J connectivity index is 2.28. The van der Waals surface area contributed by atoms with Gasteiger partial charge in [-0.2, -0.15) is 4.31 Å². The third kappa shape index (κ3) is 3.40. The molecule has 0 saturated carbocycles. The summed E-state index contributed by atoms with van der Waals surface area (Å²) in [6.07, 6.45) is 2.77. The van der Waals surface area contributed by atoms with Crippen molar-refractivity contribution in [1.29, 1.82) is 0 Å². The van der Waals surface area contributed by atoms with E-state index in [0.29, 0.717) is 17.9 Å². The van der Waals surface area contributed by atoms with E-state index in [1.54, 1.807) is 23.4 Å². The maximum absolute atomic E-state index is 12.7. The highest BCUT2D eigenvalue weighted by atomic mass is 32.2. The van der Waals surface area contributed by atoms with Gasteiger partial charge in [0.1, 0.15) is 0 Å². The van der Waals surface area contributed by atoms with E-state index in [4.69, 9.17) is 0 Å². The molecule has 2 atom stereocenters. The Kier molecular flexibility index (Phi) is 4.83. The fourth-order valence-corrected chi connectivity index (χ4v) is 4.47. The number of hydrogen-bond acceptors (Lipinski definition) is 3. The van der Waals surface area contributed by atoms with Crippen molar-refractivity contribution in [2.45, 2.75) is 56.6 Å². The predicted octanol–water partition coefficient (Wildman–Crippen LogP) is 2.31. The number of nitrogens with zero attached hydrogens (tertiary/aromatic N) is 1. The van der Waals surface area contributed by atoms with E-state index in [2.05, 4.69) is 0 Å². The molecule has 0 radical (unpaired) electrons. The fraction of sp³-hybridized carbons (Fsp3) is 0.600. The molecule has 1 aliphatic heterocycles. The van der Waals surface area contributed by atoms with Crippen LogP contribution in [-0.4, -0.2) is 36.5 Å². The lowest BCUT2D eigenvalue weighted by Crippen LogP contribution is -2.44. The highest BCUT2D eigenvalue weighted by Crippen LogP contribution is 2.27. The Morgan fingerprint density at radius 2 is 1.95 bits per heavy atom. The number of aryl methyl sites for hydroxylation is 1. The quantitative estimate of drug-likeness (QED) is 0.928. The van der Waals surface area contributed by atoms with Crippen molar-refractivity contribution in [2.75, 3.05) is 6.54 Å². The molecule has 5 heteroatoms.